The van der Waals surface area contributed by atoms with E-state index in [0.717, 1.165) is 36.8 Å². The SMILES string of the molecule is CCCN(C)CCn1c(=O)c2cc3c(=O)n(N4C(=O)c5ccc6c7c(ccc(c57)C4=O)C(=O)N(C4CCCCC4C)C6=O)c(=O)c3cc2c1=O. The summed E-state index contributed by atoms with van der Waals surface area (Å²) in [6, 6.07) is 7.72. The molecule has 1 fully saturated rings. The van der Waals surface area contributed by atoms with Crippen LogP contribution in [0.3, 0.4) is 0 Å². The number of amides is 4. The van der Waals surface area contributed by atoms with Crippen molar-refractivity contribution in [3.8, 4) is 0 Å². The Labute approximate surface area is 283 Å². The van der Waals surface area contributed by atoms with E-state index in [1.54, 1.807) is 0 Å². The van der Waals surface area contributed by atoms with Crippen molar-refractivity contribution >= 4 is 55.9 Å². The van der Waals surface area contributed by atoms with Gasteiger partial charge in [-0.05, 0) is 75.2 Å². The molecule has 50 heavy (non-hydrogen) atoms. The molecular weight excluding hydrogens is 642 g/mol. The van der Waals surface area contributed by atoms with Crippen LogP contribution in [0.1, 0.15) is 87.4 Å². The lowest BCUT2D eigenvalue weighted by atomic mass is 9.81. The minimum absolute atomic E-state index is 0.0400. The summed E-state index contributed by atoms with van der Waals surface area (Å²) in [6.07, 6.45) is 4.40. The highest BCUT2D eigenvalue weighted by molar-refractivity contribution is 6.37. The molecule has 2 aliphatic heterocycles. The normalized spacial score (nSPS) is 19.3. The first-order valence-electron chi connectivity index (χ1n) is 16.9. The molecule has 13 heteroatoms. The third-order valence-electron chi connectivity index (χ3n) is 10.8. The van der Waals surface area contributed by atoms with Crippen LogP contribution in [-0.4, -0.2) is 68.9 Å². The Kier molecular flexibility index (Phi) is 7.12. The average molecular weight is 676 g/mol. The summed E-state index contributed by atoms with van der Waals surface area (Å²) in [6.45, 7) is 5.39. The predicted octanol–water partition coefficient (Wildman–Crippen LogP) is 2.51. The van der Waals surface area contributed by atoms with Gasteiger partial charge in [0.15, 0.2) is 0 Å². The first-order valence-corrected chi connectivity index (χ1v) is 16.9. The van der Waals surface area contributed by atoms with E-state index >= 15 is 0 Å². The minimum atomic E-state index is -1.01. The Morgan fingerprint density at radius 2 is 1.10 bits per heavy atom. The van der Waals surface area contributed by atoms with E-state index in [2.05, 4.69) is 0 Å². The van der Waals surface area contributed by atoms with E-state index < -0.39 is 45.9 Å². The molecule has 5 aromatic rings. The summed E-state index contributed by atoms with van der Waals surface area (Å²) in [4.78, 5) is 113. The van der Waals surface area contributed by atoms with Gasteiger partial charge in [-0.2, -0.15) is 9.69 Å². The van der Waals surface area contributed by atoms with E-state index in [0.29, 0.717) is 22.7 Å². The number of aromatic nitrogens is 2. The fourth-order valence-corrected chi connectivity index (χ4v) is 8.20. The zero-order valence-electron chi connectivity index (χ0n) is 27.8. The molecule has 2 atom stereocenters. The number of rotatable bonds is 7. The monoisotopic (exact) mass is 675 g/mol. The molecule has 0 spiro atoms. The van der Waals surface area contributed by atoms with Crippen LogP contribution >= 0.6 is 0 Å². The summed E-state index contributed by atoms with van der Waals surface area (Å²) < 4.78 is 1.51. The van der Waals surface area contributed by atoms with Crippen molar-refractivity contribution in [1.29, 1.82) is 0 Å². The van der Waals surface area contributed by atoms with E-state index in [4.69, 9.17) is 0 Å². The van der Waals surface area contributed by atoms with Gasteiger partial charge in [0.1, 0.15) is 0 Å². The number of benzene rings is 3. The second-order valence-electron chi connectivity index (χ2n) is 13.7. The molecule has 1 saturated carbocycles. The van der Waals surface area contributed by atoms with Crippen molar-refractivity contribution in [1.82, 2.24) is 19.0 Å². The highest BCUT2D eigenvalue weighted by atomic mass is 16.2. The van der Waals surface area contributed by atoms with Crippen LogP contribution in [0.25, 0.3) is 32.3 Å². The minimum Gasteiger partial charge on any atom is -0.305 e. The second-order valence-corrected chi connectivity index (χ2v) is 13.7. The van der Waals surface area contributed by atoms with Gasteiger partial charge in [-0.3, -0.25) is 47.8 Å². The molecule has 3 aromatic carbocycles. The maximum absolute atomic E-state index is 14.1. The lowest BCUT2D eigenvalue weighted by molar-refractivity contribution is 0.0439. The second kappa shape index (κ2) is 11.2. The maximum Gasteiger partial charge on any atom is 0.281 e. The van der Waals surface area contributed by atoms with Gasteiger partial charge in [0.05, 0.1) is 32.7 Å². The van der Waals surface area contributed by atoms with Gasteiger partial charge in [-0.15, -0.1) is 0 Å². The van der Waals surface area contributed by atoms with Crippen molar-refractivity contribution < 1.29 is 19.2 Å². The van der Waals surface area contributed by atoms with Crippen LogP contribution in [0.15, 0.2) is 55.6 Å². The number of imide groups is 2. The molecular formula is C37H33N5O8. The Hall–Kier alpha value is -5.56. The van der Waals surface area contributed by atoms with E-state index in [1.165, 1.54) is 41.3 Å². The zero-order valence-corrected chi connectivity index (χ0v) is 27.8. The number of fused-ring (bicyclic) bond motifs is 2. The standard InChI is InChI=1S/C37H33N5O8/c1-4-13-38(3)14-15-39-30(43)23-16-25-26(17-24(23)31(39)44)37(50)42(36(25)49)41-34(47)21-11-9-19-28-20(10-12-22(29(21)28)35(41)48)33(46)40(32(19)45)27-8-6-5-7-18(27)2/h9-12,16-18,27H,4-8,13-15H2,1-3H3. The first-order chi connectivity index (χ1) is 24.0. The third kappa shape index (κ3) is 4.22. The van der Waals surface area contributed by atoms with Crippen LogP contribution in [-0.2, 0) is 6.54 Å². The van der Waals surface area contributed by atoms with Crippen molar-refractivity contribution in [2.24, 2.45) is 5.92 Å². The van der Waals surface area contributed by atoms with E-state index in [9.17, 15) is 38.4 Å². The molecule has 4 amide bonds. The number of nitrogens with zero attached hydrogens (tertiary/aromatic N) is 5. The number of carbonyl (C=O) groups is 4. The van der Waals surface area contributed by atoms with Gasteiger partial charge in [0, 0.05) is 41.0 Å². The Bertz CT molecular complexity index is 2440. The molecule has 13 nitrogen and oxygen atoms in total. The van der Waals surface area contributed by atoms with Gasteiger partial charge >= 0.3 is 0 Å². The number of hydrogen-bond acceptors (Lipinski definition) is 9. The Balaban J connectivity index is 1.22. The molecule has 3 aliphatic rings. The van der Waals surface area contributed by atoms with Crippen LogP contribution < -0.4 is 27.2 Å². The van der Waals surface area contributed by atoms with E-state index in [1.807, 2.05) is 25.8 Å². The van der Waals surface area contributed by atoms with E-state index in [-0.39, 0.29) is 73.1 Å². The molecule has 0 saturated heterocycles. The van der Waals surface area contributed by atoms with Gasteiger partial charge in [0.2, 0.25) is 0 Å². The zero-order chi connectivity index (χ0) is 35.3. The third-order valence-corrected chi connectivity index (χ3v) is 10.8. The number of hydrogen-bond donors (Lipinski definition) is 0. The van der Waals surface area contributed by atoms with Gasteiger partial charge in [-0.25, -0.2) is 0 Å². The number of likely N-dealkylation sites (N-methyl/N-ethyl adjacent to an activating group) is 1. The van der Waals surface area contributed by atoms with Crippen LogP contribution in [0, 0.1) is 5.92 Å². The van der Waals surface area contributed by atoms with Gasteiger partial charge < -0.3 is 4.90 Å². The molecule has 0 N–H and O–H groups in total. The highest BCUT2D eigenvalue weighted by Crippen LogP contribution is 2.40. The Morgan fingerprint density at radius 3 is 1.58 bits per heavy atom. The lowest BCUT2D eigenvalue weighted by Gasteiger charge is -2.40. The fraction of sp³-hybridized carbons (Fsp3) is 0.351. The summed E-state index contributed by atoms with van der Waals surface area (Å²) >= 11 is 0. The lowest BCUT2D eigenvalue weighted by Crippen LogP contribution is -2.55. The topological polar surface area (TPSA) is 156 Å². The quantitative estimate of drug-likeness (QED) is 0.237. The van der Waals surface area contributed by atoms with Crippen molar-refractivity contribution in [3.63, 3.8) is 0 Å². The molecule has 2 unspecified atom stereocenters. The molecule has 8 rings (SSSR count). The molecule has 0 bridgehead atoms. The van der Waals surface area contributed by atoms with Gasteiger partial charge in [-0.1, -0.05) is 26.7 Å². The van der Waals surface area contributed by atoms with Crippen molar-refractivity contribution in [2.75, 3.05) is 25.1 Å². The summed E-state index contributed by atoms with van der Waals surface area (Å²) in [5.41, 5.74) is -2.95. The predicted molar refractivity (Wildman–Crippen MR) is 185 cm³/mol. The molecule has 4 heterocycles. The van der Waals surface area contributed by atoms with Crippen molar-refractivity contribution in [2.45, 2.75) is 58.5 Å². The fourth-order valence-electron chi connectivity index (χ4n) is 8.20. The Morgan fingerprint density at radius 1 is 0.640 bits per heavy atom. The summed E-state index contributed by atoms with van der Waals surface area (Å²) in [5.74, 6) is -2.85. The maximum atomic E-state index is 14.1. The molecule has 0 radical (unpaired) electrons. The molecule has 254 valence electrons. The van der Waals surface area contributed by atoms with Crippen LogP contribution in [0.4, 0.5) is 0 Å². The van der Waals surface area contributed by atoms with Crippen LogP contribution in [0.2, 0.25) is 0 Å². The smallest absolute Gasteiger partial charge is 0.281 e. The highest BCUT2D eigenvalue weighted by Gasteiger charge is 2.44. The average Bonchev–Trinajstić information content (AvgIpc) is 3.48. The molecule has 1 aliphatic carbocycles. The first kappa shape index (κ1) is 31.7. The number of carbonyl (C=O) groups excluding carboxylic acids is 4. The summed E-state index contributed by atoms with van der Waals surface area (Å²) in [5, 5.41) is 0.244. The van der Waals surface area contributed by atoms with Gasteiger partial charge in [0.25, 0.3) is 45.9 Å². The van der Waals surface area contributed by atoms with Crippen molar-refractivity contribution in [3.05, 3.63) is 100 Å². The largest absolute Gasteiger partial charge is 0.305 e. The molecule has 2 aromatic heterocycles. The van der Waals surface area contributed by atoms with Crippen LogP contribution in [0.5, 0.6) is 0 Å². The summed E-state index contributed by atoms with van der Waals surface area (Å²) in [7, 11) is 1.88.